The summed E-state index contributed by atoms with van der Waals surface area (Å²) in [7, 11) is 2.02. The van der Waals surface area contributed by atoms with Crippen LogP contribution in [0.1, 0.15) is 25.3 Å². The van der Waals surface area contributed by atoms with Crippen molar-refractivity contribution in [3.05, 3.63) is 35.9 Å². The molecule has 1 aliphatic rings. The molecular formula is C17H27N3O. The van der Waals surface area contributed by atoms with Crippen LogP contribution in [0.4, 0.5) is 0 Å². The Morgan fingerprint density at radius 2 is 1.95 bits per heavy atom. The molecule has 1 amide bonds. The van der Waals surface area contributed by atoms with E-state index >= 15 is 0 Å². The minimum atomic E-state index is 0.240. The number of hydrogen-bond donors (Lipinski definition) is 1. The molecule has 0 bridgehead atoms. The van der Waals surface area contributed by atoms with E-state index in [1.54, 1.807) is 0 Å². The van der Waals surface area contributed by atoms with Crippen molar-refractivity contribution in [2.75, 3.05) is 33.2 Å². The van der Waals surface area contributed by atoms with Gasteiger partial charge >= 0.3 is 0 Å². The highest BCUT2D eigenvalue weighted by Gasteiger charge is 2.21. The number of amides is 1. The molecule has 2 rings (SSSR count). The van der Waals surface area contributed by atoms with Gasteiger partial charge in [-0.05, 0) is 32.4 Å². The minimum absolute atomic E-state index is 0.240. The number of benzene rings is 1. The number of likely N-dealkylation sites (tertiary alicyclic amines) is 1. The second-order valence-corrected chi connectivity index (χ2v) is 5.73. The minimum Gasteiger partial charge on any atom is -0.338 e. The second kappa shape index (κ2) is 8.15. The lowest BCUT2D eigenvalue weighted by atomic mass is 10.1. The summed E-state index contributed by atoms with van der Waals surface area (Å²) in [5.74, 6) is 0.240. The third-order valence-corrected chi connectivity index (χ3v) is 4.31. The lowest BCUT2D eigenvalue weighted by molar-refractivity contribution is -0.133. The van der Waals surface area contributed by atoms with Gasteiger partial charge in [-0.1, -0.05) is 30.3 Å². The average molecular weight is 289 g/mol. The molecule has 4 heteroatoms. The number of hydrogen-bond acceptors (Lipinski definition) is 3. The Labute approximate surface area is 128 Å². The van der Waals surface area contributed by atoms with Gasteiger partial charge in [0.15, 0.2) is 0 Å². The monoisotopic (exact) mass is 289 g/mol. The average Bonchev–Trinajstić information content (AvgIpc) is 2.54. The lowest BCUT2D eigenvalue weighted by Crippen LogP contribution is -2.46. The molecule has 1 heterocycles. The first-order valence-corrected chi connectivity index (χ1v) is 7.94. The van der Waals surface area contributed by atoms with Crippen LogP contribution in [0.3, 0.4) is 0 Å². The largest absolute Gasteiger partial charge is 0.338 e. The van der Waals surface area contributed by atoms with E-state index in [1.807, 2.05) is 37.1 Å². The van der Waals surface area contributed by atoms with Gasteiger partial charge in [0.1, 0.15) is 0 Å². The molecular weight excluding hydrogens is 262 g/mol. The highest BCUT2D eigenvalue weighted by atomic mass is 16.2. The van der Waals surface area contributed by atoms with Crippen molar-refractivity contribution < 1.29 is 4.79 Å². The molecule has 0 unspecified atom stereocenters. The number of carbonyl (C=O) groups is 1. The smallest absolute Gasteiger partial charge is 0.237 e. The topological polar surface area (TPSA) is 35.6 Å². The van der Waals surface area contributed by atoms with Crippen molar-refractivity contribution in [3.8, 4) is 0 Å². The van der Waals surface area contributed by atoms with E-state index in [-0.39, 0.29) is 5.91 Å². The van der Waals surface area contributed by atoms with Crippen molar-refractivity contribution in [3.63, 3.8) is 0 Å². The van der Waals surface area contributed by atoms with E-state index in [4.69, 9.17) is 0 Å². The quantitative estimate of drug-likeness (QED) is 0.866. The fraction of sp³-hybridized carbons (Fsp3) is 0.588. The van der Waals surface area contributed by atoms with E-state index in [0.717, 1.165) is 32.5 Å². The van der Waals surface area contributed by atoms with E-state index in [1.165, 1.54) is 5.56 Å². The van der Waals surface area contributed by atoms with Crippen molar-refractivity contribution in [1.82, 2.24) is 15.1 Å². The highest BCUT2D eigenvalue weighted by molar-refractivity contribution is 5.78. The van der Waals surface area contributed by atoms with E-state index in [9.17, 15) is 4.79 Å². The van der Waals surface area contributed by atoms with E-state index in [2.05, 4.69) is 22.3 Å². The zero-order chi connectivity index (χ0) is 15.1. The van der Waals surface area contributed by atoms with Crippen LogP contribution in [0.2, 0.25) is 0 Å². The highest BCUT2D eigenvalue weighted by Crippen LogP contribution is 2.11. The van der Waals surface area contributed by atoms with E-state index < -0.39 is 0 Å². The second-order valence-electron chi connectivity index (χ2n) is 5.73. The Balaban J connectivity index is 1.83. The van der Waals surface area contributed by atoms with Crippen LogP contribution in [-0.4, -0.2) is 55.0 Å². The molecule has 116 valence electrons. The molecule has 1 aliphatic heterocycles. The van der Waals surface area contributed by atoms with Crippen LogP contribution < -0.4 is 5.32 Å². The Kier molecular flexibility index (Phi) is 6.21. The van der Waals surface area contributed by atoms with Gasteiger partial charge in [-0.15, -0.1) is 0 Å². The van der Waals surface area contributed by atoms with Crippen molar-refractivity contribution in [1.29, 1.82) is 0 Å². The summed E-state index contributed by atoms with van der Waals surface area (Å²) in [6, 6.07) is 10.8. The van der Waals surface area contributed by atoms with Gasteiger partial charge in [0.2, 0.25) is 5.91 Å². The third kappa shape index (κ3) is 4.83. The van der Waals surface area contributed by atoms with Crippen molar-refractivity contribution >= 4 is 5.91 Å². The summed E-state index contributed by atoms with van der Waals surface area (Å²) in [6.07, 6.45) is 2.27. The van der Waals surface area contributed by atoms with E-state index in [0.29, 0.717) is 19.1 Å². The number of nitrogens with zero attached hydrogens (tertiary/aromatic N) is 2. The zero-order valence-electron chi connectivity index (χ0n) is 13.2. The molecule has 0 saturated carbocycles. The zero-order valence-corrected chi connectivity index (χ0v) is 13.2. The van der Waals surface area contributed by atoms with Gasteiger partial charge in [-0.3, -0.25) is 9.69 Å². The van der Waals surface area contributed by atoms with Crippen LogP contribution >= 0.6 is 0 Å². The van der Waals surface area contributed by atoms with Crippen LogP contribution in [-0.2, 0) is 11.3 Å². The predicted octanol–water partition coefficient (Wildman–Crippen LogP) is 1.72. The number of likely N-dealkylation sites (N-methyl/N-ethyl adjacent to an activating group) is 1. The first kappa shape index (κ1) is 16.0. The molecule has 1 aromatic rings. The summed E-state index contributed by atoms with van der Waals surface area (Å²) in [6.45, 7) is 6.11. The molecule has 1 fully saturated rings. The molecule has 1 aromatic carbocycles. The number of nitrogens with one attached hydrogen (secondary N) is 1. The summed E-state index contributed by atoms with van der Waals surface area (Å²) >= 11 is 0. The fourth-order valence-corrected chi connectivity index (χ4v) is 2.85. The van der Waals surface area contributed by atoms with Crippen LogP contribution in [0.5, 0.6) is 0 Å². The number of carbonyl (C=O) groups excluding carboxylic acids is 1. The predicted molar refractivity (Wildman–Crippen MR) is 86.1 cm³/mol. The Morgan fingerprint density at radius 3 is 2.52 bits per heavy atom. The van der Waals surface area contributed by atoms with Gasteiger partial charge in [-0.25, -0.2) is 0 Å². The third-order valence-electron chi connectivity index (χ3n) is 4.31. The van der Waals surface area contributed by atoms with Gasteiger partial charge in [0.25, 0.3) is 0 Å². The first-order valence-electron chi connectivity index (χ1n) is 7.94. The maximum absolute atomic E-state index is 12.5. The SMILES string of the molecule is CCN(Cc1ccccc1)C(=O)CN1CCC(NC)CC1. The van der Waals surface area contributed by atoms with Gasteiger partial charge < -0.3 is 10.2 Å². The molecule has 0 radical (unpaired) electrons. The summed E-state index contributed by atoms with van der Waals surface area (Å²) in [5.41, 5.74) is 1.20. The number of piperidine rings is 1. The van der Waals surface area contributed by atoms with Crippen molar-refractivity contribution in [2.24, 2.45) is 0 Å². The number of rotatable bonds is 6. The van der Waals surface area contributed by atoms with Gasteiger partial charge in [0.05, 0.1) is 6.54 Å². The molecule has 1 saturated heterocycles. The van der Waals surface area contributed by atoms with Gasteiger partial charge in [0, 0.05) is 32.2 Å². The standard InChI is InChI=1S/C17H27N3O/c1-3-20(13-15-7-5-4-6-8-15)17(21)14-19-11-9-16(18-2)10-12-19/h4-8,16,18H,3,9-14H2,1-2H3. The normalized spacial score (nSPS) is 16.9. The van der Waals surface area contributed by atoms with Crippen molar-refractivity contribution in [2.45, 2.75) is 32.4 Å². The van der Waals surface area contributed by atoms with Crippen LogP contribution in [0, 0.1) is 0 Å². The van der Waals surface area contributed by atoms with Gasteiger partial charge in [-0.2, -0.15) is 0 Å². The molecule has 21 heavy (non-hydrogen) atoms. The molecule has 0 aliphatic carbocycles. The Morgan fingerprint density at radius 1 is 1.29 bits per heavy atom. The maximum Gasteiger partial charge on any atom is 0.237 e. The molecule has 0 aromatic heterocycles. The molecule has 1 N–H and O–H groups in total. The van der Waals surface area contributed by atoms with Crippen LogP contribution in [0.25, 0.3) is 0 Å². The molecule has 0 atom stereocenters. The lowest BCUT2D eigenvalue weighted by Gasteiger charge is -2.32. The molecule has 4 nitrogen and oxygen atoms in total. The molecule has 0 spiro atoms. The summed E-state index contributed by atoms with van der Waals surface area (Å²) < 4.78 is 0. The fourth-order valence-electron chi connectivity index (χ4n) is 2.85. The summed E-state index contributed by atoms with van der Waals surface area (Å²) in [5, 5.41) is 3.32. The van der Waals surface area contributed by atoms with Crippen LogP contribution in [0.15, 0.2) is 30.3 Å². The maximum atomic E-state index is 12.5. The first-order chi connectivity index (χ1) is 10.2. The summed E-state index contributed by atoms with van der Waals surface area (Å²) in [4.78, 5) is 16.7. The Bertz CT molecular complexity index is 427. The Hall–Kier alpha value is -1.39.